The SMILES string of the molecule is Cc1cc(-c2nc3c(=O)c(CN)c[nH]c3nc2-c2ccc(C)o2)cc(Cl)n1. The van der Waals surface area contributed by atoms with Gasteiger partial charge in [-0.15, -0.1) is 0 Å². The number of H-pyrrole nitrogens is 1. The molecular weight excluding hydrogens is 366 g/mol. The molecule has 0 radical (unpaired) electrons. The summed E-state index contributed by atoms with van der Waals surface area (Å²) in [4.78, 5) is 29.1. The minimum atomic E-state index is -0.251. The summed E-state index contributed by atoms with van der Waals surface area (Å²) in [6, 6.07) is 7.18. The normalized spacial score (nSPS) is 11.3. The van der Waals surface area contributed by atoms with Crippen molar-refractivity contribution >= 4 is 22.8 Å². The van der Waals surface area contributed by atoms with Crippen LogP contribution in [0.2, 0.25) is 5.15 Å². The van der Waals surface area contributed by atoms with Crippen molar-refractivity contribution in [1.29, 1.82) is 0 Å². The van der Waals surface area contributed by atoms with E-state index in [2.05, 4.69) is 19.9 Å². The summed E-state index contributed by atoms with van der Waals surface area (Å²) >= 11 is 6.13. The van der Waals surface area contributed by atoms with Gasteiger partial charge < -0.3 is 15.1 Å². The molecule has 3 N–H and O–H groups in total. The van der Waals surface area contributed by atoms with E-state index in [0.717, 1.165) is 11.5 Å². The minimum absolute atomic E-state index is 0.113. The van der Waals surface area contributed by atoms with Gasteiger partial charge in [-0.2, -0.15) is 0 Å². The van der Waals surface area contributed by atoms with Crippen LogP contribution in [0.3, 0.4) is 0 Å². The lowest BCUT2D eigenvalue weighted by Crippen LogP contribution is -2.16. The number of halogens is 1. The number of nitrogens with two attached hydrogens (primary N) is 1. The molecule has 0 saturated carbocycles. The number of hydrogen-bond acceptors (Lipinski definition) is 6. The molecular formula is C19H16ClN5O2. The van der Waals surface area contributed by atoms with Crippen molar-refractivity contribution in [3.05, 3.63) is 62.9 Å². The first-order valence-electron chi connectivity index (χ1n) is 8.30. The maximum Gasteiger partial charge on any atom is 0.213 e. The molecule has 0 aliphatic carbocycles. The molecule has 0 aromatic carbocycles. The zero-order chi connectivity index (χ0) is 19.1. The summed E-state index contributed by atoms with van der Waals surface area (Å²) in [5.74, 6) is 1.29. The summed E-state index contributed by atoms with van der Waals surface area (Å²) in [6.45, 7) is 3.79. The molecule has 0 aliphatic rings. The molecule has 8 heteroatoms. The molecule has 0 saturated heterocycles. The lowest BCUT2D eigenvalue weighted by Gasteiger charge is -2.10. The number of nitrogens with one attached hydrogen (secondary N) is 1. The molecule has 4 heterocycles. The Labute approximate surface area is 159 Å². The van der Waals surface area contributed by atoms with Gasteiger partial charge in [0, 0.05) is 29.6 Å². The van der Waals surface area contributed by atoms with Gasteiger partial charge in [-0.05, 0) is 38.1 Å². The van der Waals surface area contributed by atoms with Gasteiger partial charge in [-0.3, -0.25) is 4.79 Å². The Morgan fingerprint density at radius 1 is 1.15 bits per heavy atom. The highest BCUT2D eigenvalue weighted by atomic mass is 35.5. The van der Waals surface area contributed by atoms with E-state index < -0.39 is 0 Å². The van der Waals surface area contributed by atoms with Gasteiger partial charge in [-0.25, -0.2) is 15.0 Å². The number of hydrogen-bond donors (Lipinski definition) is 2. The Morgan fingerprint density at radius 2 is 1.96 bits per heavy atom. The number of aryl methyl sites for hydroxylation is 2. The standard InChI is InChI=1S/C19H16ClN5O2/c1-9-5-11(6-14(20)23-9)15-16(13-4-3-10(2)27-13)25-19-17(24-15)18(26)12(7-21)8-22-19/h3-6,8H,7,21H2,1-2H3,(H,22,25,26). The number of fused-ring (bicyclic) bond motifs is 1. The lowest BCUT2D eigenvalue weighted by atomic mass is 10.1. The Hall–Kier alpha value is -3.03. The van der Waals surface area contributed by atoms with E-state index >= 15 is 0 Å². The third-order valence-corrected chi connectivity index (χ3v) is 4.37. The molecule has 0 aliphatic heterocycles. The van der Waals surface area contributed by atoms with Crippen molar-refractivity contribution in [2.45, 2.75) is 20.4 Å². The van der Waals surface area contributed by atoms with E-state index in [1.165, 1.54) is 0 Å². The average Bonchev–Trinajstić information content (AvgIpc) is 3.07. The quantitative estimate of drug-likeness (QED) is 0.526. The highest BCUT2D eigenvalue weighted by Gasteiger charge is 2.19. The second-order valence-electron chi connectivity index (χ2n) is 6.20. The first-order valence-corrected chi connectivity index (χ1v) is 8.68. The first-order chi connectivity index (χ1) is 13.0. The predicted molar refractivity (Wildman–Crippen MR) is 103 cm³/mol. The fourth-order valence-corrected chi connectivity index (χ4v) is 3.17. The molecule has 7 nitrogen and oxygen atoms in total. The first kappa shape index (κ1) is 17.4. The van der Waals surface area contributed by atoms with E-state index in [0.29, 0.717) is 39.1 Å². The molecule has 0 fully saturated rings. The molecule has 0 spiro atoms. The van der Waals surface area contributed by atoms with Crippen LogP contribution >= 0.6 is 11.6 Å². The maximum atomic E-state index is 12.7. The highest BCUT2D eigenvalue weighted by Crippen LogP contribution is 2.32. The summed E-state index contributed by atoms with van der Waals surface area (Å²) < 4.78 is 5.75. The highest BCUT2D eigenvalue weighted by molar-refractivity contribution is 6.29. The van der Waals surface area contributed by atoms with E-state index in [1.807, 2.05) is 32.0 Å². The van der Waals surface area contributed by atoms with E-state index in [-0.39, 0.29) is 17.5 Å². The number of rotatable bonds is 3. The summed E-state index contributed by atoms with van der Waals surface area (Å²) in [7, 11) is 0. The summed E-state index contributed by atoms with van der Waals surface area (Å²) in [5.41, 5.74) is 8.83. The van der Waals surface area contributed by atoms with Crippen LogP contribution in [-0.2, 0) is 6.54 Å². The smallest absolute Gasteiger partial charge is 0.213 e. The van der Waals surface area contributed by atoms with E-state index in [4.69, 9.17) is 21.8 Å². The fraction of sp³-hybridized carbons (Fsp3) is 0.158. The van der Waals surface area contributed by atoms with Crippen LogP contribution in [0, 0.1) is 13.8 Å². The molecule has 0 bridgehead atoms. The van der Waals surface area contributed by atoms with Crippen LogP contribution in [0.1, 0.15) is 17.0 Å². The van der Waals surface area contributed by atoms with Gasteiger partial charge in [0.25, 0.3) is 0 Å². The second kappa shape index (κ2) is 6.61. The van der Waals surface area contributed by atoms with Crippen LogP contribution in [0.15, 0.2) is 39.7 Å². The van der Waals surface area contributed by atoms with Crippen LogP contribution in [-0.4, -0.2) is 19.9 Å². The van der Waals surface area contributed by atoms with Crippen molar-refractivity contribution in [3.63, 3.8) is 0 Å². The second-order valence-corrected chi connectivity index (χ2v) is 6.58. The monoisotopic (exact) mass is 381 g/mol. The van der Waals surface area contributed by atoms with Gasteiger partial charge in [0.1, 0.15) is 22.3 Å². The molecule has 4 aromatic rings. The molecule has 0 unspecified atom stereocenters. The van der Waals surface area contributed by atoms with Crippen LogP contribution in [0.5, 0.6) is 0 Å². The largest absolute Gasteiger partial charge is 0.460 e. The van der Waals surface area contributed by atoms with Crippen molar-refractivity contribution in [1.82, 2.24) is 19.9 Å². The van der Waals surface area contributed by atoms with Gasteiger partial charge in [0.2, 0.25) is 5.43 Å². The van der Waals surface area contributed by atoms with E-state index in [1.54, 1.807) is 12.3 Å². The van der Waals surface area contributed by atoms with Gasteiger partial charge in [-0.1, -0.05) is 11.6 Å². The molecule has 27 heavy (non-hydrogen) atoms. The third kappa shape index (κ3) is 3.11. The topological polar surface area (TPSA) is 111 Å². The average molecular weight is 382 g/mol. The van der Waals surface area contributed by atoms with Gasteiger partial charge >= 0.3 is 0 Å². The zero-order valence-corrected chi connectivity index (χ0v) is 15.5. The predicted octanol–water partition coefficient (Wildman–Crippen LogP) is 3.37. The molecule has 4 rings (SSSR count). The van der Waals surface area contributed by atoms with Crippen molar-refractivity contribution in [2.24, 2.45) is 5.73 Å². The lowest BCUT2D eigenvalue weighted by molar-refractivity contribution is 0.546. The van der Waals surface area contributed by atoms with Gasteiger partial charge in [0.05, 0.1) is 0 Å². The minimum Gasteiger partial charge on any atom is -0.460 e. The van der Waals surface area contributed by atoms with Crippen molar-refractivity contribution in [3.8, 4) is 22.7 Å². The number of aromatic nitrogens is 4. The van der Waals surface area contributed by atoms with Crippen LogP contribution in [0.4, 0.5) is 0 Å². The third-order valence-electron chi connectivity index (χ3n) is 4.17. The number of pyridine rings is 2. The zero-order valence-electron chi connectivity index (χ0n) is 14.7. The van der Waals surface area contributed by atoms with Crippen LogP contribution in [0.25, 0.3) is 33.9 Å². The Kier molecular flexibility index (Phi) is 4.25. The molecule has 4 aromatic heterocycles. The Morgan fingerprint density at radius 3 is 2.63 bits per heavy atom. The maximum absolute atomic E-state index is 12.7. The van der Waals surface area contributed by atoms with Gasteiger partial charge in [0.15, 0.2) is 16.9 Å². The molecule has 0 amide bonds. The number of aromatic amines is 1. The Bertz CT molecular complexity index is 1210. The van der Waals surface area contributed by atoms with Crippen molar-refractivity contribution in [2.75, 3.05) is 0 Å². The number of furan rings is 1. The molecule has 136 valence electrons. The fourth-order valence-electron chi connectivity index (χ4n) is 2.92. The van der Waals surface area contributed by atoms with E-state index in [9.17, 15) is 4.79 Å². The van der Waals surface area contributed by atoms with Crippen LogP contribution < -0.4 is 11.2 Å². The summed E-state index contributed by atoms with van der Waals surface area (Å²) in [6.07, 6.45) is 1.56. The summed E-state index contributed by atoms with van der Waals surface area (Å²) in [5, 5.41) is 0.332. The Balaban J connectivity index is 2.09. The number of nitrogens with zero attached hydrogens (tertiary/aromatic N) is 3. The molecule has 0 atom stereocenters. The van der Waals surface area contributed by atoms with Crippen molar-refractivity contribution < 1.29 is 4.42 Å².